The monoisotopic (exact) mass is 226 g/mol. The molecule has 0 saturated heterocycles. The van der Waals surface area contributed by atoms with Gasteiger partial charge in [0, 0.05) is 12.8 Å². The Morgan fingerprint density at radius 3 is 2.87 bits per heavy atom. The van der Waals surface area contributed by atoms with Crippen molar-refractivity contribution in [2.45, 2.75) is 25.7 Å². The topological polar surface area (TPSA) is 17.1 Å². The van der Waals surface area contributed by atoms with E-state index in [1.165, 1.54) is 6.07 Å². The van der Waals surface area contributed by atoms with Crippen LogP contribution >= 0.6 is 11.6 Å². The summed E-state index contributed by atoms with van der Waals surface area (Å²) < 4.78 is 13.4. The maximum Gasteiger partial charge on any atom is 0.145 e. The van der Waals surface area contributed by atoms with Gasteiger partial charge in [-0.2, -0.15) is 0 Å². The Bertz CT molecular complexity index is 385. The molecule has 1 aliphatic carbocycles. The number of carbonyl (C=O) groups excluding carboxylic acids is 1. The van der Waals surface area contributed by atoms with E-state index < -0.39 is 5.82 Å². The Morgan fingerprint density at radius 1 is 1.47 bits per heavy atom. The highest BCUT2D eigenvalue weighted by Crippen LogP contribution is 2.33. The Balaban J connectivity index is 2.02. The summed E-state index contributed by atoms with van der Waals surface area (Å²) in [6.45, 7) is 0. The third-order valence-electron chi connectivity index (χ3n) is 2.63. The summed E-state index contributed by atoms with van der Waals surface area (Å²) in [5, 5.41) is 0.0896. The van der Waals surface area contributed by atoms with Crippen LogP contribution < -0.4 is 0 Å². The highest BCUT2D eigenvalue weighted by atomic mass is 35.5. The Kier molecular flexibility index (Phi) is 3.06. The third-order valence-corrected chi connectivity index (χ3v) is 2.92. The molecule has 0 amide bonds. The lowest BCUT2D eigenvalue weighted by molar-refractivity contribution is -0.118. The van der Waals surface area contributed by atoms with Crippen LogP contribution in [-0.4, -0.2) is 5.78 Å². The minimum atomic E-state index is -0.455. The van der Waals surface area contributed by atoms with E-state index >= 15 is 0 Å². The lowest BCUT2D eigenvalue weighted by atomic mass is 10.0. The minimum absolute atomic E-state index is 0.0896. The van der Waals surface area contributed by atoms with E-state index in [4.69, 9.17) is 11.6 Å². The van der Waals surface area contributed by atoms with Gasteiger partial charge in [0.05, 0.1) is 5.02 Å². The van der Waals surface area contributed by atoms with Crippen molar-refractivity contribution in [3.63, 3.8) is 0 Å². The van der Waals surface area contributed by atoms with Gasteiger partial charge in [0.1, 0.15) is 11.6 Å². The maximum atomic E-state index is 13.4. The Labute approximate surface area is 93.2 Å². The number of hydrogen-bond donors (Lipinski definition) is 0. The summed E-state index contributed by atoms with van der Waals surface area (Å²) in [4.78, 5) is 11.5. The van der Waals surface area contributed by atoms with Gasteiger partial charge in [0.2, 0.25) is 0 Å². The van der Waals surface area contributed by atoms with Crippen molar-refractivity contribution < 1.29 is 9.18 Å². The largest absolute Gasteiger partial charge is 0.299 e. The van der Waals surface area contributed by atoms with Gasteiger partial charge in [-0.05, 0) is 30.4 Å². The number of hydrogen-bond acceptors (Lipinski definition) is 1. The van der Waals surface area contributed by atoms with Gasteiger partial charge >= 0.3 is 0 Å². The minimum Gasteiger partial charge on any atom is -0.299 e. The molecule has 3 heteroatoms. The summed E-state index contributed by atoms with van der Waals surface area (Å²) in [6, 6.07) is 4.78. The Morgan fingerprint density at radius 2 is 2.20 bits per heavy atom. The molecule has 1 saturated carbocycles. The predicted octanol–water partition coefficient (Wildman–Crippen LogP) is 3.39. The number of halogens is 2. The zero-order valence-corrected chi connectivity index (χ0v) is 9.06. The van der Waals surface area contributed by atoms with Crippen LogP contribution in [0.5, 0.6) is 0 Å². The molecule has 1 aliphatic rings. The first-order valence-corrected chi connectivity index (χ1v) is 5.49. The van der Waals surface area contributed by atoms with Crippen LogP contribution in [-0.2, 0) is 11.2 Å². The van der Waals surface area contributed by atoms with E-state index in [2.05, 4.69) is 0 Å². The molecule has 0 atom stereocenters. The first kappa shape index (κ1) is 10.6. The zero-order chi connectivity index (χ0) is 10.8. The maximum absolute atomic E-state index is 13.4. The van der Waals surface area contributed by atoms with Crippen molar-refractivity contribution in [1.82, 2.24) is 0 Å². The van der Waals surface area contributed by atoms with Crippen LogP contribution in [0.1, 0.15) is 24.8 Å². The third kappa shape index (κ3) is 2.78. The number of Topliss-reactive ketones (excluding diaryl/α,β-unsaturated/α-hetero) is 1. The predicted molar refractivity (Wildman–Crippen MR) is 57.5 cm³/mol. The van der Waals surface area contributed by atoms with Crippen molar-refractivity contribution in [3.8, 4) is 0 Å². The van der Waals surface area contributed by atoms with Crippen molar-refractivity contribution in [2.24, 2.45) is 5.92 Å². The van der Waals surface area contributed by atoms with Crippen LogP contribution in [0.25, 0.3) is 0 Å². The number of benzene rings is 1. The van der Waals surface area contributed by atoms with E-state index in [1.54, 1.807) is 12.1 Å². The summed E-state index contributed by atoms with van der Waals surface area (Å²) in [5.41, 5.74) is 0.410. The lowest BCUT2D eigenvalue weighted by Gasteiger charge is -2.03. The second kappa shape index (κ2) is 4.31. The van der Waals surface area contributed by atoms with Crippen LogP contribution in [0, 0.1) is 11.7 Å². The second-order valence-electron chi connectivity index (χ2n) is 4.08. The molecule has 0 spiro atoms. The first-order valence-electron chi connectivity index (χ1n) is 5.11. The second-order valence-corrected chi connectivity index (χ2v) is 4.48. The molecule has 0 heterocycles. The molecular formula is C12H12ClFO. The van der Waals surface area contributed by atoms with E-state index in [1.807, 2.05) is 0 Å². The van der Waals surface area contributed by atoms with E-state index in [-0.39, 0.29) is 17.2 Å². The molecule has 1 fully saturated rings. The normalized spacial score (nSPS) is 15.3. The zero-order valence-electron chi connectivity index (χ0n) is 8.30. The van der Waals surface area contributed by atoms with Gasteiger partial charge in [-0.3, -0.25) is 4.79 Å². The van der Waals surface area contributed by atoms with Gasteiger partial charge in [0.15, 0.2) is 0 Å². The summed E-state index contributed by atoms with van der Waals surface area (Å²) in [7, 11) is 0. The van der Waals surface area contributed by atoms with Crippen molar-refractivity contribution in [1.29, 1.82) is 0 Å². The van der Waals surface area contributed by atoms with Crippen molar-refractivity contribution >= 4 is 17.4 Å². The van der Waals surface area contributed by atoms with E-state index in [0.29, 0.717) is 17.9 Å². The molecule has 0 unspecified atom stereocenters. The number of carbonyl (C=O) groups is 1. The van der Waals surface area contributed by atoms with Crippen LogP contribution in [0.2, 0.25) is 5.02 Å². The average molecular weight is 227 g/mol. The van der Waals surface area contributed by atoms with Crippen LogP contribution in [0.15, 0.2) is 18.2 Å². The lowest BCUT2D eigenvalue weighted by Crippen LogP contribution is -2.05. The molecule has 0 bridgehead atoms. The van der Waals surface area contributed by atoms with Crippen LogP contribution in [0.3, 0.4) is 0 Å². The van der Waals surface area contributed by atoms with Gasteiger partial charge in [-0.15, -0.1) is 0 Å². The SMILES string of the molecule is O=C(Cc1cccc(Cl)c1F)CC1CC1. The quantitative estimate of drug-likeness (QED) is 0.769. The first-order chi connectivity index (χ1) is 7.16. The molecule has 0 aromatic heterocycles. The van der Waals surface area contributed by atoms with Crippen LogP contribution in [0.4, 0.5) is 4.39 Å². The highest BCUT2D eigenvalue weighted by molar-refractivity contribution is 6.30. The molecule has 1 nitrogen and oxygen atoms in total. The summed E-state index contributed by atoms with van der Waals surface area (Å²) in [5.74, 6) is 0.210. The molecule has 0 radical (unpaired) electrons. The average Bonchev–Trinajstić information content (AvgIpc) is 2.97. The summed E-state index contributed by atoms with van der Waals surface area (Å²) >= 11 is 5.63. The van der Waals surface area contributed by atoms with E-state index in [0.717, 1.165) is 12.8 Å². The van der Waals surface area contributed by atoms with Gasteiger partial charge in [-0.25, -0.2) is 4.39 Å². The van der Waals surface area contributed by atoms with Crippen molar-refractivity contribution in [3.05, 3.63) is 34.6 Å². The number of rotatable bonds is 4. The van der Waals surface area contributed by atoms with Gasteiger partial charge in [0.25, 0.3) is 0 Å². The Hall–Kier alpha value is -0.890. The smallest absolute Gasteiger partial charge is 0.145 e. The fraction of sp³-hybridized carbons (Fsp3) is 0.417. The molecule has 0 N–H and O–H groups in total. The van der Waals surface area contributed by atoms with E-state index in [9.17, 15) is 9.18 Å². The highest BCUT2D eigenvalue weighted by Gasteiger charge is 2.24. The fourth-order valence-corrected chi connectivity index (χ4v) is 1.81. The molecule has 0 aliphatic heterocycles. The number of ketones is 1. The molecular weight excluding hydrogens is 215 g/mol. The molecule has 1 aromatic rings. The molecule has 2 rings (SSSR count). The standard InChI is InChI=1S/C12H12ClFO/c13-11-3-1-2-9(12(11)14)7-10(15)6-8-4-5-8/h1-3,8H,4-7H2. The fourth-order valence-electron chi connectivity index (χ4n) is 1.61. The molecule has 80 valence electrons. The summed E-state index contributed by atoms with van der Waals surface area (Å²) in [6.07, 6.45) is 3.04. The van der Waals surface area contributed by atoms with Gasteiger partial charge < -0.3 is 0 Å². The van der Waals surface area contributed by atoms with Crippen molar-refractivity contribution in [2.75, 3.05) is 0 Å². The molecule has 1 aromatic carbocycles. The van der Waals surface area contributed by atoms with Gasteiger partial charge in [-0.1, -0.05) is 23.7 Å². The molecule has 15 heavy (non-hydrogen) atoms.